The summed E-state index contributed by atoms with van der Waals surface area (Å²) in [5.41, 5.74) is 4.73. The maximum Gasteiger partial charge on any atom is 0.311 e. The second-order valence-corrected chi connectivity index (χ2v) is 8.94. The van der Waals surface area contributed by atoms with Crippen molar-refractivity contribution in [3.05, 3.63) is 52.3 Å². The largest absolute Gasteiger partial charge is 0.493 e. The van der Waals surface area contributed by atoms with Crippen LogP contribution in [0.2, 0.25) is 0 Å². The summed E-state index contributed by atoms with van der Waals surface area (Å²) < 4.78 is 11.0. The Hall–Kier alpha value is -2.87. The van der Waals surface area contributed by atoms with Crippen molar-refractivity contribution in [2.24, 2.45) is 0 Å². The predicted octanol–water partition coefficient (Wildman–Crippen LogP) is 5.16. The maximum atomic E-state index is 11.6. The number of fused-ring (bicyclic) bond motifs is 1. The topological polar surface area (TPSA) is 61.3 Å². The molecule has 0 spiro atoms. The van der Waals surface area contributed by atoms with Gasteiger partial charge in [0.2, 0.25) is 0 Å². The summed E-state index contributed by atoms with van der Waals surface area (Å²) in [4.78, 5) is 11.6. The molecule has 0 amide bonds. The van der Waals surface area contributed by atoms with Crippen molar-refractivity contribution in [2.45, 2.75) is 78.1 Å². The molecule has 2 aromatic rings. The highest BCUT2D eigenvalue weighted by atomic mass is 16.5. The number of carbonyl (C=O) groups is 1. The summed E-state index contributed by atoms with van der Waals surface area (Å²) in [5.74, 6) is 7.20. The normalized spacial score (nSPS) is 14.0. The number of unbranched alkanes of at least 4 members (excludes halogenated alkanes) is 3. The van der Waals surface area contributed by atoms with E-state index in [0.717, 1.165) is 37.2 Å². The lowest BCUT2D eigenvalue weighted by Gasteiger charge is -2.33. The van der Waals surface area contributed by atoms with Crippen molar-refractivity contribution < 1.29 is 14.3 Å². The molecule has 1 aromatic carbocycles. The monoisotopic (exact) mass is 434 g/mol. The number of esters is 1. The van der Waals surface area contributed by atoms with Gasteiger partial charge in [0.1, 0.15) is 11.4 Å². The van der Waals surface area contributed by atoms with E-state index in [1.165, 1.54) is 30.4 Å². The third-order valence-electron chi connectivity index (χ3n) is 5.89. The summed E-state index contributed by atoms with van der Waals surface area (Å²) in [6.45, 7) is 9.66. The first-order valence-electron chi connectivity index (χ1n) is 11.7. The smallest absolute Gasteiger partial charge is 0.311 e. The van der Waals surface area contributed by atoms with Crippen LogP contribution in [-0.2, 0) is 27.8 Å². The fourth-order valence-electron chi connectivity index (χ4n) is 3.90. The predicted molar refractivity (Wildman–Crippen MR) is 126 cm³/mol. The standard InChI is InChI=1S/C27H34N2O3/c1-5-7-8-9-10-20-18-25-24(27(3,4)15-16-32-25)17-21(20)11-12-22-13-14-23(29-28-22)19-26(30)31-6-2/h13-14,17-18H,5-10,15-16,19H2,1-4H3. The fraction of sp³-hybridized carbons (Fsp3) is 0.519. The first-order valence-corrected chi connectivity index (χ1v) is 11.7. The Morgan fingerprint density at radius 2 is 1.97 bits per heavy atom. The molecule has 1 aliphatic rings. The molecule has 0 fully saturated rings. The van der Waals surface area contributed by atoms with Gasteiger partial charge in [-0.15, -0.1) is 5.10 Å². The van der Waals surface area contributed by atoms with Crippen LogP contribution in [0.4, 0.5) is 0 Å². The molecule has 5 nitrogen and oxygen atoms in total. The zero-order valence-corrected chi connectivity index (χ0v) is 19.8. The molecule has 32 heavy (non-hydrogen) atoms. The van der Waals surface area contributed by atoms with Gasteiger partial charge in [0.15, 0.2) is 0 Å². The second kappa shape index (κ2) is 11.1. The molecule has 5 heteroatoms. The van der Waals surface area contributed by atoms with E-state index in [1.54, 1.807) is 19.1 Å². The van der Waals surface area contributed by atoms with Gasteiger partial charge in [-0.3, -0.25) is 4.79 Å². The number of rotatable bonds is 8. The summed E-state index contributed by atoms with van der Waals surface area (Å²) in [7, 11) is 0. The molecular formula is C27H34N2O3. The Balaban J connectivity index is 1.84. The van der Waals surface area contributed by atoms with Gasteiger partial charge in [0.25, 0.3) is 0 Å². The third-order valence-corrected chi connectivity index (χ3v) is 5.89. The molecular weight excluding hydrogens is 400 g/mol. The summed E-state index contributed by atoms with van der Waals surface area (Å²) in [5, 5.41) is 8.31. The van der Waals surface area contributed by atoms with E-state index in [0.29, 0.717) is 18.0 Å². The molecule has 0 radical (unpaired) electrons. The van der Waals surface area contributed by atoms with E-state index in [-0.39, 0.29) is 17.8 Å². The van der Waals surface area contributed by atoms with Crippen molar-refractivity contribution in [3.63, 3.8) is 0 Å². The quantitative estimate of drug-likeness (QED) is 0.326. The van der Waals surface area contributed by atoms with Gasteiger partial charge >= 0.3 is 5.97 Å². The molecule has 0 unspecified atom stereocenters. The first kappa shape index (κ1) is 23.8. The fourth-order valence-corrected chi connectivity index (χ4v) is 3.90. The van der Waals surface area contributed by atoms with E-state index in [2.05, 4.69) is 54.9 Å². The molecule has 0 saturated carbocycles. The van der Waals surface area contributed by atoms with Crippen molar-refractivity contribution in [2.75, 3.05) is 13.2 Å². The molecule has 0 bridgehead atoms. The van der Waals surface area contributed by atoms with Crippen LogP contribution >= 0.6 is 0 Å². The Morgan fingerprint density at radius 1 is 1.12 bits per heavy atom. The molecule has 0 atom stereocenters. The van der Waals surface area contributed by atoms with Crippen LogP contribution in [0, 0.1) is 11.8 Å². The van der Waals surface area contributed by atoms with E-state index in [9.17, 15) is 4.79 Å². The van der Waals surface area contributed by atoms with Gasteiger partial charge in [-0.25, -0.2) is 0 Å². The van der Waals surface area contributed by atoms with Crippen molar-refractivity contribution in [1.29, 1.82) is 0 Å². The highest BCUT2D eigenvalue weighted by molar-refractivity contribution is 5.71. The Morgan fingerprint density at radius 3 is 2.69 bits per heavy atom. The Bertz CT molecular complexity index is 984. The van der Waals surface area contributed by atoms with E-state index >= 15 is 0 Å². The van der Waals surface area contributed by atoms with Crippen molar-refractivity contribution in [1.82, 2.24) is 10.2 Å². The molecule has 170 valence electrons. The van der Waals surface area contributed by atoms with Gasteiger partial charge in [-0.1, -0.05) is 46.0 Å². The highest BCUT2D eigenvalue weighted by Gasteiger charge is 2.29. The molecule has 3 rings (SSSR count). The second-order valence-electron chi connectivity index (χ2n) is 8.94. The van der Waals surface area contributed by atoms with Crippen molar-refractivity contribution in [3.8, 4) is 17.6 Å². The SMILES string of the molecule is CCCCCCc1cc2c(cc1C#Cc1ccc(CC(=O)OCC)nn1)C(C)(C)CCO2. The lowest BCUT2D eigenvalue weighted by molar-refractivity contribution is -0.142. The number of benzene rings is 1. The van der Waals surface area contributed by atoms with Crippen LogP contribution < -0.4 is 4.74 Å². The van der Waals surface area contributed by atoms with Crippen LogP contribution in [0.1, 0.15) is 87.9 Å². The molecule has 1 aromatic heterocycles. The van der Waals surface area contributed by atoms with Gasteiger partial charge in [0, 0.05) is 11.1 Å². The minimum atomic E-state index is -0.299. The van der Waals surface area contributed by atoms with Crippen LogP contribution in [0.25, 0.3) is 0 Å². The van der Waals surface area contributed by atoms with Crippen LogP contribution in [-0.4, -0.2) is 29.4 Å². The molecule has 1 aliphatic heterocycles. The number of hydrogen-bond donors (Lipinski definition) is 0. The Kier molecular flexibility index (Phi) is 8.27. The molecule has 0 N–H and O–H groups in total. The van der Waals surface area contributed by atoms with E-state index < -0.39 is 0 Å². The number of aromatic nitrogens is 2. The zero-order valence-electron chi connectivity index (χ0n) is 19.8. The molecule has 2 heterocycles. The summed E-state index contributed by atoms with van der Waals surface area (Å²) in [6, 6.07) is 7.99. The minimum Gasteiger partial charge on any atom is -0.493 e. The number of ether oxygens (including phenoxy) is 2. The molecule has 0 aliphatic carbocycles. The van der Waals surface area contributed by atoms with Gasteiger partial charge in [-0.05, 0) is 67.4 Å². The lowest BCUT2D eigenvalue weighted by atomic mass is 9.78. The highest BCUT2D eigenvalue weighted by Crippen LogP contribution is 2.40. The first-order chi connectivity index (χ1) is 15.4. The van der Waals surface area contributed by atoms with Crippen LogP contribution in [0.3, 0.4) is 0 Å². The third kappa shape index (κ3) is 6.32. The van der Waals surface area contributed by atoms with E-state index in [4.69, 9.17) is 9.47 Å². The number of carbonyl (C=O) groups excluding carboxylic acids is 1. The number of aryl methyl sites for hydroxylation is 1. The van der Waals surface area contributed by atoms with Gasteiger partial charge in [-0.2, -0.15) is 5.10 Å². The average molecular weight is 435 g/mol. The maximum absolute atomic E-state index is 11.6. The average Bonchev–Trinajstić information content (AvgIpc) is 2.76. The van der Waals surface area contributed by atoms with E-state index in [1.807, 2.05) is 0 Å². The number of hydrogen-bond acceptors (Lipinski definition) is 5. The van der Waals surface area contributed by atoms with Crippen LogP contribution in [0.15, 0.2) is 24.3 Å². The lowest BCUT2D eigenvalue weighted by Crippen LogP contribution is -2.27. The Labute approximate surface area is 191 Å². The summed E-state index contributed by atoms with van der Waals surface area (Å²) in [6.07, 6.45) is 6.95. The summed E-state index contributed by atoms with van der Waals surface area (Å²) >= 11 is 0. The van der Waals surface area contributed by atoms with Gasteiger partial charge < -0.3 is 9.47 Å². The zero-order chi connectivity index (χ0) is 23.0. The van der Waals surface area contributed by atoms with Crippen molar-refractivity contribution >= 4 is 5.97 Å². The number of nitrogens with zero attached hydrogens (tertiary/aromatic N) is 2. The van der Waals surface area contributed by atoms with Gasteiger partial charge in [0.05, 0.1) is 25.3 Å². The molecule has 0 saturated heterocycles. The minimum absolute atomic E-state index is 0.0688. The van der Waals surface area contributed by atoms with Crippen LogP contribution in [0.5, 0.6) is 5.75 Å².